The van der Waals surface area contributed by atoms with Crippen molar-refractivity contribution in [2.75, 3.05) is 4.90 Å². The van der Waals surface area contributed by atoms with Gasteiger partial charge in [-0.25, -0.2) is 4.90 Å². The van der Waals surface area contributed by atoms with Crippen LogP contribution in [0.3, 0.4) is 0 Å². The third-order valence-electron chi connectivity index (χ3n) is 4.12. The van der Waals surface area contributed by atoms with Crippen molar-refractivity contribution in [2.24, 2.45) is 24.1 Å². The summed E-state index contributed by atoms with van der Waals surface area (Å²) in [6.07, 6.45) is 1.66. The predicted octanol–water partition coefficient (Wildman–Crippen LogP) is 0.980. The lowest BCUT2D eigenvalue weighted by Crippen LogP contribution is -2.38. The molecule has 2 heterocycles. The van der Waals surface area contributed by atoms with Crippen LogP contribution in [0.2, 0.25) is 0 Å². The highest BCUT2D eigenvalue weighted by Crippen LogP contribution is 2.41. The third kappa shape index (κ3) is 1.93. The van der Waals surface area contributed by atoms with E-state index in [1.807, 2.05) is 20.8 Å². The van der Waals surface area contributed by atoms with Crippen molar-refractivity contribution < 1.29 is 9.59 Å². The molecular formula is C13H18N4O2S. The van der Waals surface area contributed by atoms with Crippen LogP contribution >= 0.6 is 12.2 Å². The van der Waals surface area contributed by atoms with E-state index in [0.29, 0.717) is 11.4 Å². The van der Waals surface area contributed by atoms with Crippen LogP contribution in [0.15, 0.2) is 6.20 Å². The first-order chi connectivity index (χ1) is 9.20. The fraction of sp³-hybridized carbons (Fsp3) is 0.538. The first-order valence-electron chi connectivity index (χ1n) is 6.39. The number of aryl methyl sites for hydroxylation is 1. The number of hydrogen-bond acceptors (Lipinski definition) is 4. The average molecular weight is 294 g/mol. The van der Waals surface area contributed by atoms with E-state index in [1.54, 1.807) is 7.05 Å². The van der Waals surface area contributed by atoms with Crippen LogP contribution in [0.1, 0.15) is 32.8 Å². The molecule has 1 aromatic rings. The van der Waals surface area contributed by atoms with Gasteiger partial charge >= 0.3 is 0 Å². The molecule has 1 atom stereocenters. The molecule has 1 aromatic heterocycles. The lowest BCUT2D eigenvalue weighted by Gasteiger charge is -2.26. The van der Waals surface area contributed by atoms with Crippen molar-refractivity contribution in [1.82, 2.24) is 9.78 Å². The number of imide groups is 1. The molecule has 0 saturated carbocycles. The van der Waals surface area contributed by atoms with E-state index >= 15 is 0 Å². The Labute approximate surface area is 122 Å². The Balaban J connectivity index is 2.55. The van der Waals surface area contributed by atoms with E-state index < -0.39 is 5.41 Å². The smallest absolute Gasteiger partial charge is 0.241 e. The van der Waals surface area contributed by atoms with Crippen LogP contribution < -0.4 is 10.6 Å². The van der Waals surface area contributed by atoms with Crippen molar-refractivity contribution in [1.29, 1.82) is 0 Å². The van der Waals surface area contributed by atoms with Gasteiger partial charge in [0.15, 0.2) is 5.82 Å². The standard InChI is InChI=1S/C13H18N4O2S/c1-7(2)13(3)5-9(18)17(12(13)19)11-8(10(14)20)6-15-16(11)4/h6-7H,5H2,1-4H3,(H2,14,20). The fourth-order valence-electron chi connectivity index (χ4n) is 2.37. The maximum absolute atomic E-state index is 12.7. The Hall–Kier alpha value is -1.76. The largest absolute Gasteiger partial charge is 0.389 e. The fourth-order valence-corrected chi connectivity index (χ4v) is 2.52. The van der Waals surface area contributed by atoms with Crippen LogP contribution in [-0.2, 0) is 16.6 Å². The van der Waals surface area contributed by atoms with Crippen molar-refractivity contribution >= 4 is 34.8 Å². The monoisotopic (exact) mass is 294 g/mol. The molecule has 0 bridgehead atoms. The van der Waals surface area contributed by atoms with Gasteiger partial charge in [-0.05, 0) is 12.8 Å². The first kappa shape index (κ1) is 14.6. The van der Waals surface area contributed by atoms with Gasteiger partial charge in [0.05, 0.1) is 17.2 Å². The second-order valence-corrected chi connectivity index (χ2v) is 6.09. The van der Waals surface area contributed by atoms with Crippen LogP contribution in [0.25, 0.3) is 0 Å². The van der Waals surface area contributed by atoms with Gasteiger partial charge in [0.1, 0.15) is 4.99 Å². The molecule has 1 unspecified atom stereocenters. The summed E-state index contributed by atoms with van der Waals surface area (Å²) >= 11 is 4.96. The van der Waals surface area contributed by atoms with Crippen LogP contribution in [0.4, 0.5) is 5.82 Å². The zero-order chi connectivity index (χ0) is 15.2. The maximum Gasteiger partial charge on any atom is 0.241 e. The van der Waals surface area contributed by atoms with Gasteiger partial charge in [0, 0.05) is 13.5 Å². The van der Waals surface area contributed by atoms with E-state index in [2.05, 4.69) is 5.10 Å². The Morgan fingerprint density at radius 1 is 1.50 bits per heavy atom. The summed E-state index contributed by atoms with van der Waals surface area (Å²) in [7, 11) is 1.66. The molecule has 1 saturated heterocycles. The van der Waals surface area contributed by atoms with E-state index in [1.165, 1.54) is 15.8 Å². The molecule has 108 valence electrons. The number of carbonyl (C=O) groups is 2. The molecule has 6 nitrogen and oxygen atoms in total. The topological polar surface area (TPSA) is 81.2 Å². The van der Waals surface area contributed by atoms with Crippen LogP contribution in [-0.4, -0.2) is 26.6 Å². The summed E-state index contributed by atoms with van der Waals surface area (Å²) in [6, 6.07) is 0. The molecule has 0 radical (unpaired) electrons. The number of aromatic nitrogens is 2. The summed E-state index contributed by atoms with van der Waals surface area (Å²) in [5.41, 5.74) is 5.38. The lowest BCUT2D eigenvalue weighted by atomic mass is 9.78. The van der Waals surface area contributed by atoms with Gasteiger partial charge in [-0.3, -0.25) is 14.3 Å². The Bertz CT molecular complexity index is 608. The molecule has 20 heavy (non-hydrogen) atoms. The quantitative estimate of drug-likeness (QED) is 0.664. The van der Waals surface area contributed by atoms with Crippen molar-refractivity contribution in [3.63, 3.8) is 0 Å². The van der Waals surface area contributed by atoms with Gasteiger partial charge in [-0.2, -0.15) is 5.10 Å². The SMILES string of the molecule is CC(C)C1(C)CC(=O)N(c2c(C(N)=S)cnn2C)C1=O. The zero-order valence-corrected chi connectivity index (χ0v) is 12.8. The van der Waals surface area contributed by atoms with E-state index in [4.69, 9.17) is 18.0 Å². The zero-order valence-electron chi connectivity index (χ0n) is 12.0. The van der Waals surface area contributed by atoms with E-state index in [-0.39, 0.29) is 29.1 Å². The molecule has 0 aromatic carbocycles. The number of rotatable bonds is 3. The minimum atomic E-state index is -0.700. The number of carbonyl (C=O) groups excluding carboxylic acids is 2. The molecule has 2 N–H and O–H groups in total. The molecule has 2 amide bonds. The highest BCUT2D eigenvalue weighted by molar-refractivity contribution is 7.80. The van der Waals surface area contributed by atoms with E-state index in [0.717, 1.165) is 0 Å². The highest BCUT2D eigenvalue weighted by atomic mass is 32.1. The molecule has 1 fully saturated rings. The molecule has 2 rings (SSSR count). The Morgan fingerprint density at radius 2 is 2.10 bits per heavy atom. The number of nitrogens with two attached hydrogens (primary N) is 1. The highest BCUT2D eigenvalue weighted by Gasteiger charge is 2.51. The predicted molar refractivity (Wildman–Crippen MR) is 79.2 cm³/mol. The molecule has 1 aliphatic heterocycles. The van der Waals surface area contributed by atoms with Gasteiger partial charge in [-0.1, -0.05) is 26.1 Å². The second kappa shape index (κ2) is 4.66. The van der Waals surface area contributed by atoms with Gasteiger partial charge in [0.2, 0.25) is 11.8 Å². The van der Waals surface area contributed by atoms with Crippen molar-refractivity contribution in [3.8, 4) is 0 Å². The number of thiocarbonyl (C=S) groups is 1. The number of hydrogen-bond donors (Lipinski definition) is 1. The summed E-state index contributed by atoms with van der Waals surface area (Å²) in [4.78, 5) is 26.3. The number of nitrogens with zero attached hydrogens (tertiary/aromatic N) is 3. The minimum absolute atomic E-state index is 0.0606. The summed E-state index contributed by atoms with van der Waals surface area (Å²) in [5.74, 6) is -0.0479. The Kier molecular flexibility index (Phi) is 3.41. The molecule has 0 aliphatic carbocycles. The van der Waals surface area contributed by atoms with Crippen molar-refractivity contribution in [3.05, 3.63) is 11.8 Å². The Morgan fingerprint density at radius 3 is 2.55 bits per heavy atom. The van der Waals surface area contributed by atoms with Gasteiger partial charge < -0.3 is 5.73 Å². The second-order valence-electron chi connectivity index (χ2n) is 5.65. The van der Waals surface area contributed by atoms with Gasteiger partial charge in [-0.15, -0.1) is 0 Å². The van der Waals surface area contributed by atoms with Crippen molar-refractivity contribution in [2.45, 2.75) is 27.2 Å². The van der Waals surface area contributed by atoms with Crippen LogP contribution in [0.5, 0.6) is 0 Å². The molecule has 7 heteroatoms. The minimum Gasteiger partial charge on any atom is -0.389 e. The average Bonchev–Trinajstić information content (AvgIpc) is 2.80. The van der Waals surface area contributed by atoms with Crippen LogP contribution in [0, 0.1) is 11.3 Å². The number of anilines is 1. The number of amides is 2. The summed E-state index contributed by atoms with van der Waals surface area (Å²) < 4.78 is 1.45. The lowest BCUT2D eigenvalue weighted by molar-refractivity contribution is -0.126. The van der Waals surface area contributed by atoms with Gasteiger partial charge in [0.25, 0.3) is 0 Å². The molecular weight excluding hydrogens is 276 g/mol. The third-order valence-corrected chi connectivity index (χ3v) is 4.34. The maximum atomic E-state index is 12.7. The molecule has 0 spiro atoms. The first-order valence-corrected chi connectivity index (χ1v) is 6.80. The van der Waals surface area contributed by atoms with E-state index in [9.17, 15) is 9.59 Å². The summed E-state index contributed by atoms with van der Waals surface area (Å²) in [5, 5.41) is 4.05. The normalized spacial score (nSPS) is 22.9. The molecule has 1 aliphatic rings. The summed E-state index contributed by atoms with van der Waals surface area (Å²) in [6.45, 7) is 5.69.